The van der Waals surface area contributed by atoms with Gasteiger partial charge in [-0.05, 0) is 34.9 Å². The maximum absolute atomic E-state index is 14.2. The quantitative estimate of drug-likeness (QED) is 0.139. The van der Waals surface area contributed by atoms with Crippen molar-refractivity contribution in [2.45, 2.75) is 38.4 Å². The Morgan fingerprint density at radius 1 is 0.846 bits per heavy atom. The maximum Gasteiger partial charge on any atom is 0.254 e. The van der Waals surface area contributed by atoms with E-state index in [9.17, 15) is 19.2 Å². The number of aromatic amines is 1. The number of nitrogens with one attached hydrogen (secondary N) is 4. The molecule has 11 heteroatoms. The number of ether oxygens (including phenoxy) is 1. The van der Waals surface area contributed by atoms with E-state index in [1.165, 1.54) is 0 Å². The molecule has 2 atom stereocenters. The molecule has 52 heavy (non-hydrogen) atoms. The van der Waals surface area contributed by atoms with Crippen molar-refractivity contribution in [1.29, 1.82) is 0 Å². The highest BCUT2D eigenvalue weighted by Crippen LogP contribution is 2.19. The number of aryl methyl sites for hydroxylation is 1. The van der Waals surface area contributed by atoms with Gasteiger partial charge in [-0.3, -0.25) is 24.1 Å². The summed E-state index contributed by atoms with van der Waals surface area (Å²) in [5.41, 5.74) is 4.05. The molecule has 1 fully saturated rings. The van der Waals surface area contributed by atoms with Crippen molar-refractivity contribution in [3.05, 3.63) is 119 Å². The van der Waals surface area contributed by atoms with E-state index in [0.29, 0.717) is 43.8 Å². The molecule has 4 aromatic carbocycles. The van der Waals surface area contributed by atoms with Gasteiger partial charge in [-0.2, -0.15) is 0 Å². The SMILES string of the molecule is Cc1ccc(CN(C)C(=O)[C@H](Cc2ccc3ccccc3c2)NC(=O)[C@H](CC(=O)NCCN2CCOCC2)NC(=O)c2c[nH]c3ccccc23)cc1. The minimum atomic E-state index is -1.25. The fourth-order valence-corrected chi connectivity index (χ4v) is 6.53. The fraction of sp³-hybridized carbons (Fsp3) is 0.317. The van der Waals surface area contributed by atoms with Crippen LogP contribution in [0, 0.1) is 6.92 Å². The zero-order chi connectivity index (χ0) is 36.5. The molecule has 0 radical (unpaired) electrons. The van der Waals surface area contributed by atoms with E-state index in [1.807, 2.05) is 97.9 Å². The van der Waals surface area contributed by atoms with Gasteiger partial charge in [-0.25, -0.2) is 0 Å². The number of hydrogen-bond donors (Lipinski definition) is 4. The highest BCUT2D eigenvalue weighted by Gasteiger charge is 2.31. The molecule has 5 aromatic rings. The summed E-state index contributed by atoms with van der Waals surface area (Å²) in [5.74, 6) is -1.81. The molecule has 0 unspecified atom stereocenters. The number of hydrogen-bond acceptors (Lipinski definition) is 6. The first kappa shape index (κ1) is 36.3. The van der Waals surface area contributed by atoms with Crippen molar-refractivity contribution in [2.75, 3.05) is 46.4 Å². The summed E-state index contributed by atoms with van der Waals surface area (Å²) in [6.45, 7) is 6.24. The summed E-state index contributed by atoms with van der Waals surface area (Å²) < 4.78 is 5.41. The molecule has 0 bridgehead atoms. The molecule has 2 heterocycles. The summed E-state index contributed by atoms with van der Waals surface area (Å²) in [6.07, 6.45) is 1.49. The van der Waals surface area contributed by atoms with E-state index in [0.717, 1.165) is 46.1 Å². The number of amides is 4. The molecule has 4 amide bonds. The van der Waals surface area contributed by atoms with E-state index < -0.39 is 23.9 Å². The van der Waals surface area contributed by atoms with Crippen molar-refractivity contribution in [3.8, 4) is 0 Å². The topological polar surface area (TPSA) is 136 Å². The van der Waals surface area contributed by atoms with Crippen LogP contribution in [0.25, 0.3) is 21.7 Å². The molecule has 11 nitrogen and oxygen atoms in total. The maximum atomic E-state index is 14.2. The van der Waals surface area contributed by atoms with Gasteiger partial charge in [0, 0.05) is 63.3 Å². The molecule has 0 spiro atoms. The number of rotatable bonds is 14. The minimum absolute atomic E-state index is 0.211. The number of aromatic nitrogens is 1. The summed E-state index contributed by atoms with van der Waals surface area (Å²) in [4.78, 5) is 62.2. The van der Waals surface area contributed by atoms with Gasteiger partial charge in [-0.15, -0.1) is 0 Å². The number of H-pyrrole nitrogens is 1. The lowest BCUT2D eigenvalue weighted by Gasteiger charge is -2.27. The summed E-state index contributed by atoms with van der Waals surface area (Å²) in [5, 5.41) is 11.4. The standard InChI is InChI=1S/C41H46N6O5/c1-28-11-13-29(14-12-28)27-46(2)41(51)37(24-30-15-16-31-7-3-4-8-32(31)23-30)45-40(50)36(25-38(48)42-17-18-47-19-21-52-22-20-47)44-39(49)34-26-43-35-10-6-5-9-33(34)35/h3-16,23,26,36-37,43H,17-22,24-25,27H2,1-2H3,(H,42,48)(H,44,49)(H,45,50)/t36-,37-/m0/s1. The highest BCUT2D eigenvalue weighted by molar-refractivity contribution is 6.08. The Morgan fingerprint density at radius 2 is 1.56 bits per heavy atom. The Bertz CT molecular complexity index is 2020. The van der Waals surface area contributed by atoms with Crippen molar-refractivity contribution in [1.82, 2.24) is 30.7 Å². The van der Waals surface area contributed by atoms with Gasteiger partial charge >= 0.3 is 0 Å². The lowest BCUT2D eigenvalue weighted by atomic mass is 10.00. The van der Waals surface area contributed by atoms with E-state index >= 15 is 0 Å². The predicted octanol–water partition coefficient (Wildman–Crippen LogP) is 3.95. The molecule has 270 valence electrons. The van der Waals surface area contributed by atoms with Crippen LogP contribution in [0.4, 0.5) is 0 Å². The number of fused-ring (bicyclic) bond motifs is 2. The second kappa shape index (κ2) is 17.1. The number of para-hydroxylation sites is 1. The largest absolute Gasteiger partial charge is 0.379 e. The molecule has 0 saturated carbocycles. The zero-order valence-electron chi connectivity index (χ0n) is 29.7. The number of morpholine rings is 1. The second-order valence-corrected chi connectivity index (χ2v) is 13.4. The predicted molar refractivity (Wildman–Crippen MR) is 202 cm³/mol. The fourth-order valence-electron chi connectivity index (χ4n) is 6.53. The molecule has 1 aliphatic rings. The van der Waals surface area contributed by atoms with Crippen LogP contribution < -0.4 is 16.0 Å². The first-order valence-electron chi connectivity index (χ1n) is 17.8. The number of benzene rings is 4. The molecule has 1 saturated heterocycles. The molecular formula is C41H46N6O5. The van der Waals surface area contributed by atoms with Crippen LogP contribution in [0.15, 0.2) is 97.2 Å². The van der Waals surface area contributed by atoms with Crippen LogP contribution in [0.3, 0.4) is 0 Å². The number of carbonyl (C=O) groups is 4. The Hall–Kier alpha value is -5.52. The summed E-state index contributed by atoms with van der Waals surface area (Å²) in [7, 11) is 1.71. The number of nitrogens with zero attached hydrogens (tertiary/aromatic N) is 2. The molecule has 1 aliphatic heterocycles. The van der Waals surface area contributed by atoms with Crippen LogP contribution in [0.5, 0.6) is 0 Å². The zero-order valence-corrected chi connectivity index (χ0v) is 29.7. The van der Waals surface area contributed by atoms with Crippen LogP contribution in [-0.2, 0) is 32.1 Å². The monoisotopic (exact) mass is 702 g/mol. The summed E-state index contributed by atoms with van der Waals surface area (Å²) in [6, 6.07) is 27.0. The highest BCUT2D eigenvalue weighted by atomic mass is 16.5. The third-order valence-corrected chi connectivity index (χ3v) is 9.48. The van der Waals surface area contributed by atoms with Gasteiger partial charge in [0.1, 0.15) is 12.1 Å². The van der Waals surface area contributed by atoms with Crippen molar-refractivity contribution >= 4 is 45.3 Å². The molecular weight excluding hydrogens is 656 g/mol. The van der Waals surface area contributed by atoms with Gasteiger partial charge in [-0.1, -0.05) is 90.5 Å². The third-order valence-electron chi connectivity index (χ3n) is 9.48. The average Bonchev–Trinajstić information content (AvgIpc) is 3.60. The van der Waals surface area contributed by atoms with Crippen LogP contribution in [0.1, 0.15) is 33.5 Å². The molecule has 6 rings (SSSR count). The number of likely N-dealkylation sites (N-methyl/N-ethyl adjacent to an activating group) is 1. The normalized spacial score (nSPS) is 14.4. The average molecular weight is 703 g/mol. The molecule has 1 aromatic heterocycles. The van der Waals surface area contributed by atoms with E-state index in [4.69, 9.17) is 4.74 Å². The Morgan fingerprint density at radius 3 is 2.35 bits per heavy atom. The lowest BCUT2D eigenvalue weighted by molar-refractivity contribution is -0.136. The Kier molecular flexibility index (Phi) is 11.9. The summed E-state index contributed by atoms with van der Waals surface area (Å²) >= 11 is 0. The third kappa shape index (κ3) is 9.42. The Labute approximate surface area is 303 Å². The van der Waals surface area contributed by atoms with E-state index in [-0.39, 0.29) is 24.7 Å². The minimum Gasteiger partial charge on any atom is -0.379 e. The van der Waals surface area contributed by atoms with Crippen LogP contribution in [-0.4, -0.2) is 96.9 Å². The Balaban J connectivity index is 1.22. The van der Waals surface area contributed by atoms with Gasteiger partial charge in [0.25, 0.3) is 5.91 Å². The van der Waals surface area contributed by atoms with Gasteiger partial charge in [0.05, 0.1) is 25.2 Å². The van der Waals surface area contributed by atoms with Gasteiger partial charge in [0.15, 0.2) is 0 Å². The van der Waals surface area contributed by atoms with Crippen LogP contribution >= 0.6 is 0 Å². The molecule has 0 aliphatic carbocycles. The lowest BCUT2D eigenvalue weighted by Crippen LogP contribution is -2.55. The number of carbonyl (C=O) groups excluding carboxylic acids is 4. The molecule has 4 N–H and O–H groups in total. The van der Waals surface area contributed by atoms with Crippen molar-refractivity contribution in [2.24, 2.45) is 0 Å². The van der Waals surface area contributed by atoms with Gasteiger partial charge < -0.3 is 30.6 Å². The van der Waals surface area contributed by atoms with Crippen molar-refractivity contribution < 1.29 is 23.9 Å². The van der Waals surface area contributed by atoms with E-state index in [1.54, 1.807) is 18.1 Å². The first-order valence-corrected chi connectivity index (χ1v) is 17.8. The smallest absolute Gasteiger partial charge is 0.254 e. The first-order chi connectivity index (χ1) is 25.2. The van der Waals surface area contributed by atoms with Gasteiger partial charge in [0.2, 0.25) is 17.7 Å². The van der Waals surface area contributed by atoms with E-state index in [2.05, 4.69) is 25.8 Å². The van der Waals surface area contributed by atoms with Crippen molar-refractivity contribution in [3.63, 3.8) is 0 Å². The van der Waals surface area contributed by atoms with Crippen LogP contribution in [0.2, 0.25) is 0 Å². The second-order valence-electron chi connectivity index (χ2n) is 13.4.